The largest absolute Gasteiger partial charge is 0.497 e. The topological polar surface area (TPSA) is 80.3 Å². The van der Waals surface area contributed by atoms with Crippen LogP contribution in [0, 0.1) is 0 Å². The molecule has 28 heavy (non-hydrogen) atoms. The van der Waals surface area contributed by atoms with Gasteiger partial charge in [0, 0.05) is 24.8 Å². The molecule has 0 unspecified atom stereocenters. The van der Waals surface area contributed by atoms with Gasteiger partial charge in [-0.3, -0.25) is 14.6 Å². The molecule has 0 bridgehead atoms. The number of nitrogens with zero attached hydrogens (tertiary/aromatic N) is 1. The molecule has 0 aliphatic heterocycles. The van der Waals surface area contributed by atoms with Crippen molar-refractivity contribution in [1.29, 1.82) is 0 Å². The van der Waals surface area contributed by atoms with E-state index >= 15 is 0 Å². The van der Waals surface area contributed by atoms with E-state index in [1.54, 1.807) is 13.2 Å². The van der Waals surface area contributed by atoms with Crippen LogP contribution in [-0.4, -0.2) is 23.9 Å². The maximum absolute atomic E-state index is 12.4. The molecule has 0 saturated heterocycles. The molecule has 3 rings (SSSR count). The summed E-state index contributed by atoms with van der Waals surface area (Å²) in [6.45, 7) is 0.774. The molecular weight excluding hydrogens is 354 g/mol. The summed E-state index contributed by atoms with van der Waals surface area (Å²) >= 11 is 0. The Labute approximate surface area is 163 Å². The molecule has 1 aromatic heterocycles. The van der Waals surface area contributed by atoms with Gasteiger partial charge in [0.05, 0.1) is 7.11 Å². The van der Waals surface area contributed by atoms with Crippen LogP contribution >= 0.6 is 0 Å². The van der Waals surface area contributed by atoms with Gasteiger partial charge in [-0.05, 0) is 35.4 Å². The smallest absolute Gasteiger partial charge is 0.270 e. The third-order valence-corrected chi connectivity index (χ3v) is 4.16. The second-order valence-electron chi connectivity index (χ2n) is 6.13. The highest BCUT2D eigenvalue weighted by Gasteiger charge is 2.12. The molecule has 0 saturated carbocycles. The number of amides is 2. The Morgan fingerprint density at radius 1 is 0.857 bits per heavy atom. The highest BCUT2D eigenvalue weighted by molar-refractivity contribution is 5.98. The SMILES string of the molecule is COc1ccc(CNC(=O)c2ccnc(C(=O)NCc3ccccc3)c2)cc1. The summed E-state index contributed by atoms with van der Waals surface area (Å²) in [4.78, 5) is 28.8. The minimum Gasteiger partial charge on any atom is -0.497 e. The van der Waals surface area contributed by atoms with Crippen LogP contribution in [0.4, 0.5) is 0 Å². The van der Waals surface area contributed by atoms with Crippen molar-refractivity contribution < 1.29 is 14.3 Å². The second kappa shape index (κ2) is 9.32. The van der Waals surface area contributed by atoms with E-state index in [1.165, 1.54) is 12.3 Å². The van der Waals surface area contributed by atoms with Gasteiger partial charge in [0.25, 0.3) is 11.8 Å². The molecule has 2 N–H and O–H groups in total. The van der Waals surface area contributed by atoms with E-state index in [9.17, 15) is 9.59 Å². The summed E-state index contributed by atoms with van der Waals surface area (Å²) in [6, 6.07) is 20.1. The summed E-state index contributed by atoms with van der Waals surface area (Å²) in [5.41, 5.74) is 2.52. The molecule has 6 heteroatoms. The average molecular weight is 375 g/mol. The summed E-state index contributed by atoms with van der Waals surface area (Å²) in [7, 11) is 1.60. The number of methoxy groups -OCH3 is 1. The molecule has 0 aliphatic rings. The number of pyridine rings is 1. The van der Waals surface area contributed by atoms with E-state index in [0.717, 1.165) is 16.9 Å². The Hall–Kier alpha value is -3.67. The van der Waals surface area contributed by atoms with Crippen LogP contribution in [0.1, 0.15) is 32.0 Å². The maximum atomic E-state index is 12.4. The normalized spacial score (nSPS) is 10.2. The van der Waals surface area contributed by atoms with Gasteiger partial charge < -0.3 is 15.4 Å². The quantitative estimate of drug-likeness (QED) is 0.665. The number of aromatic nitrogens is 1. The highest BCUT2D eigenvalue weighted by atomic mass is 16.5. The number of nitrogens with one attached hydrogen (secondary N) is 2. The number of hydrogen-bond acceptors (Lipinski definition) is 4. The summed E-state index contributed by atoms with van der Waals surface area (Å²) in [6.07, 6.45) is 1.46. The van der Waals surface area contributed by atoms with Gasteiger partial charge in [-0.1, -0.05) is 42.5 Å². The molecule has 0 radical (unpaired) electrons. The molecule has 0 spiro atoms. The van der Waals surface area contributed by atoms with E-state index in [4.69, 9.17) is 4.74 Å². The van der Waals surface area contributed by atoms with Gasteiger partial charge in [0.15, 0.2) is 0 Å². The Bertz CT molecular complexity index is 941. The Kier molecular flexibility index (Phi) is 6.36. The lowest BCUT2D eigenvalue weighted by atomic mass is 10.1. The molecular formula is C22H21N3O3. The fourth-order valence-electron chi connectivity index (χ4n) is 2.59. The maximum Gasteiger partial charge on any atom is 0.270 e. The first-order valence-corrected chi connectivity index (χ1v) is 8.85. The molecule has 2 amide bonds. The third kappa shape index (κ3) is 5.17. The number of benzene rings is 2. The van der Waals surface area contributed by atoms with Crippen molar-refractivity contribution in [2.45, 2.75) is 13.1 Å². The molecule has 142 valence electrons. The lowest BCUT2D eigenvalue weighted by molar-refractivity contribution is 0.0946. The average Bonchev–Trinajstić information content (AvgIpc) is 2.77. The van der Waals surface area contributed by atoms with Crippen LogP contribution < -0.4 is 15.4 Å². The van der Waals surface area contributed by atoms with Crippen LogP contribution in [0.2, 0.25) is 0 Å². The Balaban J connectivity index is 1.58. The van der Waals surface area contributed by atoms with E-state index in [1.807, 2.05) is 54.6 Å². The summed E-state index contributed by atoms with van der Waals surface area (Å²) in [5, 5.41) is 5.64. The van der Waals surface area contributed by atoms with Crippen molar-refractivity contribution in [2.24, 2.45) is 0 Å². The Morgan fingerprint density at radius 3 is 2.18 bits per heavy atom. The second-order valence-corrected chi connectivity index (χ2v) is 6.13. The molecule has 6 nitrogen and oxygen atoms in total. The zero-order chi connectivity index (χ0) is 19.8. The van der Waals surface area contributed by atoms with Gasteiger partial charge in [0.1, 0.15) is 11.4 Å². The van der Waals surface area contributed by atoms with Crippen molar-refractivity contribution in [2.75, 3.05) is 7.11 Å². The molecule has 2 aromatic carbocycles. The number of rotatable bonds is 7. The van der Waals surface area contributed by atoms with Crippen LogP contribution in [-0.2, 0) is 13.1 Å². The van der Waals surface area contributed by atoms with E-state index in [2.05, 4.69) is 15.6 Å². The van der Waals surface area contributed by atoms with Gasteiger partial charge >= 0.3 is 0 Å². The zero-order valence-corrected chi connectivity index (χ0v) is 15.5. The molecule has 3 aromatic rings. The number of carbonyl (C=O) groups excluding carboxylic acids is 2. The number of hydrogen-bond donors (Lipinski definition) is 2. The van der Waals surface area contributed by atoms with Crippen molar-refractivity contribution in [1.82, 2.24) is 15.6 Å². The molecule has 0 fully saturated rings. The molecule has 1 heterocycles. The minimum absolute atomic E-state index is 0.202. The monoisotopic (exact) mass is 375 g/mol. The van der Waals surface area contributed by atoms with Gasteiger partial charge in [0.2, 0.25) is 0 Å². The molecule has 0 atom stereocenters. The van der Waals surface area contributed by atoms with Gasteiger partial charge in [-0.2, -0.15) is 0 Å². The van der Waals surface area contributed by atoms with Crippen LogP contribution in [0.15, 0.2) is 72.9 Å². The van der Waals surface area contributed by atoms with E-state index in [-0.39, 0.29) is 17.5 Å². The van der Waals surface area contributed by atoms with Crippen molar-refractivity contribution in [3.05, 3.63) is 95.3 Å². The van der Waals surface area contributed by atoms with Crippen molar-refractivity contribution in [3.8, 4) is 5.75 Å². The first kappa shape index (κ1) is 19.1. The van der Waals surface area contributed by atoms with Crippen LogP contribution in [0.25, 0.3) is 0 Å². The minimum atomic E-state index is -0.325. The van der Waals surface area contributed by atoms with Crippen LogP contribution in [0.5, 0.6) is 5.75 Å². The predicted octanol–water partition coefficient (Wildman–Crippen LogP) is 2.95. The lowest BCUT2D eigenvalue weighted by Crippen LogP contribution is -2.26. The lowest BCUT2D eigenvalue weighted by Gasteiger charge is -2.08. The predicted molar refractivity (Wildman–Crippen MR) is 106 cm³/mol. The Morgan fingerprint density at radius 2 is 1.50 bits per heavy atom. The van der Waals surface area contributed by atoms with Crippen LogP contribution in [0.3, 0.4) is 0 Å². The van der Waals surface area contributed by atoms with Crippen molar-refractivity contribution in [3.63, 3.8) is 0 Å². The van der Waals surface area contributed by atoms with Gasteiger partial charge in [-0.25, -0.2) is 0 Å². The first-order chi connectivity index (χ1) is 13.7. The van der Waals surface area contributed by atoms with E-state index in [0.29, 0.717) is 18.7 Å². The van der Waals surface area contributed by atoms with E-state index < -0.39 is 0 Å². The first-order valence-electron chi connectivity index (χ1n) is 8.85. The standard InChI is InChI=1S/C22H21N3O3/c1-28-19-9-7-17(8-10-19)15-24-21(26)18-11-12-23-20(13-18)22(27)25-14-16-5-3-2-4-6-16/h2-13H,14-15H2,1H3,(H,24,26)(H,25,27). The van der Waals surface area contributed by atoms with Gasteiger partial charge in [-0.15, -0.1) is 0 Å². The van der Waals surface area contributed by atoms with Crippen molar-refractivity contribution >= 4 is 11.8 Å². The summed E-state index contributed by atoms with van der Waals surface area (Å²) < 4.78 is 5.12. The zero-order valence-electron chi connectivity index (χ0n) is 15.5. The fraction of sp³-hybridized carbons (Fsp3) is 0.136. The number of carbonyl (C=O) groups is 2. The number of ether oxygens (including phenoxy) is 1. The third-order valence-electron chi connectivity index (χ3n) is 4.16. The fourth-order valence-corrected chi connectivity index (χ4v) is 2.59. The summed E-state index contributed by atoms with van der Waals surface area (Å²) in [5.74, 6) is 0.166. The highest BCUT2D eigenvalue weighted by Crippen LogP contribution is 2.11. The molecule has 0 aliphatic carbocycles.